The van der Waals surface area contributed by atoms with Crippen molar-refractivity contribution >= 4 is 16.8 Å². The molecule has 0 unspecified atom stereocenters. The van der Waals surface area contributed by atoms with Crippen molar-refractivity contribution in [2.75, 3.05) is 33.2 Å². The smallest absolute Gasteiger partial charge is 0.254 e. The highest BCUT2D eigenvalue weighted by molar-refractivity contribution is 5.85. The Kier molecular flexibility index (Phi) is 5.88. The van der Waals surface area contributed by atoms with Crippen molar-refractivity contribution in [2.45, 2.75) is 32.6 Å². The van der Waals surface area contributed by atoms with Crippen molar-refractivity contribution in [1.29, 1.82) is 0 Å². The first-order chi connectivity index (χ1) is 14.4. The Hall–Kier alpha value is -2.70. The molecule has 1 saturated heterocycles. The van der Waals surface area contributed by atoms with E-state index in [1.165, 1.54) is 5.56 Å². The van der Waals surface area contributed by atoms with Crippen LogP contribution < -0.4 is 0 Å². The van der Waals surface area contributed by atoms with Gasteiger partial charge >= 0.3 is 0 Å². The zero-order chi connectivity index (χ0) is 21.1. The molecule has 1 aliphatic rings. The molecule has 3 aromatic rings. The number of rotatable bonds is 6. The highest BCUT2D eigenvalue weighted by Gasteiger charge is 2.34. The first-order valence-electron chi connectivity index (χ1n) is 10.5. The van der Waals surface area contributed by atoms with E-state index in [-0.39, 0.29) is 5.91 Å². The molecule has 2 heterocycles. The van der Waals surface area contributed by atoms with Gasteiger partial charge in [-0.1, -0.05) is 48.5 Å². The minimum absolute atomic E-state index is 0.0450. The van der Waals surface area contributed by atoms with Gasteiger partial charge in [-0.3, -0.25) is 9.48 Å². The van der Waals surface area contributed by atoms with Crippen LogP contribution in [0, 0.1) is 0 Å². The molecule has 6 nitrogen and oxygen atoms in total. The Labute approximate surface area is 178 Å². The van der Waals surface area contributed by atoms with Gasteiger partial charge in [-0.15, -0.1) is 0 Å². The minimum Gasteiger partial charge on any atom is -0.359 e. The topological polar surface area (TPSA) is 50.6 Å². The van der Waals surface area contributed by atoms with Gasteiger partial charge in [0, 0.05) is 31.6 Å². The van der Waals surface area contributed by atoms with Crippen LogP contribution >= 0.6 is 0 Å². The van der Waals surface area contributed by atoms with Gasteiger partial charge in [0.25, 0.3) is 5.91 Å². The van der Waals surface area contributed by atoms with E-state index in [0.29, 0.717) is 13.2 Å². The molecule has 0 atom stereocenters. The number of piperazine rings is 1. The Bertz CT molecular complexity index is 1000. The van der Waals surface area contributed by atoms with Gasteiger partial charge in [-0.2, -0.15) is 5.10 Å². The summed E-state index contributed by atoms with van der Waals surface area (Å²) in [5.74, 6) is 0.0450. The molecule has 4 rings (SSSR count). The van der Waals surface area contributed by atoms with E-state index in [1.54, 1.807) is 0 Å². The van der Waals surface area contributed by atoms with Gasteiger partial charge in [0.2, 0.25) is 0 Å². The zero-order valence-corrected chi connectivity index (χ0v) is 18.0. The Morgan fingerprint density at radius 2 is 1.67 bits per heavy atom. The van der Waals surface area contributed by atoms with Crippen molar-refractivity contribution in [2.24, 2.45) is 0 Å². The number of ether oxygens (including phenoxy) is 1. The quantitative estimate of drug-likeness (QED) is 0.631. The standard InChI is InChI=1S/C24H30N4O2/c1-24(2,23(29)27-15-13-26(3)14-16-27)30-18-21-20-11-7-8-12-22(20)28(25-21)17-19-9-5-4-6-10-19/h4-12H,13-18H2,1-3H3. The van der Waals surface area contributed by atoms with Gasteiger partial charge in [0.1, 0.15) is 5.60 Å². The predicted molar refractivity (Wildman–Crippen MR) is 118 cm³/mol. The molecular weight excluding hydrogens is 376 g/mol. The molecule has 158 valence electrons. The number of aromatic nitrogens is 2. The average Bonchev–Trinajstić information content (AvgIpc) is 3.11. The number of amides is 1. The molecule has 6 heteroatoms. The Morgan fingerprint density at radius 1 is 1.00 bits per heavy atom. The van der Waals surface area contributed by atoms with E-state index < -0.39 is 5.60 Å². The van der Waals surface area contributed by atoms with Gasteiger partial charge in [0.15, 0.2) is 0 Å². The second kappa shape index (κ2) is 8.58. The maximum absolute atomic E-state index is 13.0. The predicted octanol–water partition coefficient (Wildman–Crippen LogP) is 3.15. The summed E-state index contributed by atoms with van der Waals surface area (Å²) < 4.78 is 8.16. The summed E-state index contributed by atoms with van der Waals surface area (Å²) in [7, 11) is 2.08. The summed E-state index contributed by atoms with van der Waals surface area (Å²) in [6, 6.07) is 18.5. The largest absolute Gasteiger partial charge is 0.359 e. The molecule has 1 fully saturated rings. The highest BCUT2D eigenvalue weighted by atomic mass is 16.5. The third kappa shape index (κ3) is 4.40. The molecule has 0 N–H and O–H groups in total. The Balaban J connectivity index is 1.50. The fourth-order valence-corrected chi connectivity index (χ4v) is 3.88. The van der Waals surface area contributed by atoms with Crippen molar-refractivity contribution in [3.8, 4) is 0 Å². The normalized spacial score (nSPS) is 15.6. The van der Waals surface area contributed by atoms with Crippen LogP contribution in [-0.2, 0) is 22.7 Å². The molecule has 0 saturated carbocycles. The molecule has 0 radical (unpaired) electrons. The maximum Gasteiger partial charge on any atom is 0.254 e. The fourth-order valence-electron chi connectivity index (χ4n) is 3.88. The number of nitrogens with zero attached hydrogens (tertiary/aromatic N) is 4. The van der Waals surface area contributed by atoms with E-state index in [1.807, 2.05) is 53.8 Å². The maximum atomic E-state index is 13.0. The lowest BCUT2D eigenvalue weighted by Crippen LogP contribution is -2.54. The van der Waals surface area contributed by atoms with Crippen LogP contribution in [0.4, 0.5) is 0 Å². The number of fused-ring (bicyclic) bond motifs is 1. The number of likely N-dealkylation sites (N-methyl/N-ethyl adjacent to an activating group) is 1. The van der Waals surface area contributed by atoms with Crippen molar-refractivity contribution in [3.05, 3.63) is 65.9 Å². The lowest BCUT2D eigenvalue weighted by Gasteiger charge is -2.37. The van der Waals surface area contributed by atoms with Crippen LogP contribution in [0.2, 0.25) is 0 Å². The molecule has 0 aliphatic carbocycles. The summed E-state index contributed by atoms with van der Waals surface area (Å²) in [5, 5.41) is 5.90. The van der Waals surface area contributed by atoms with Crippen molar-refractivity contribution in [3.63, 3.8) is 0 Å². The molecule has 1 amide bonds. The van der Waals surface area contributed by atoms with Gasteiger partial charge < -0.3 is 14.5 Å². The van der Waals surface area contributed by atoms with E-state index in [9.17, 15) is 4.79 Å². The summed E-state index contributed by atoms with van der Waals surface area (Å²) >= 11 is 0. The monoisotopic (exact) mass is 406 g/mol. The fraction of sp³-hybridized carbons (Fsp3) is 0.417. The summed E-state index contributed by atoms with van der Waals surface area (Å²) in [4.78, 5) is 17.2. The molecule has 2 aromatic carbocycles. The second-order valence-corrected chi connectivity index (χ2v) is 8.50. The third-order valence-corrected chi connectivity index (χ3v) is 5.78. The summed E-state index contributed by atoms with van der Waals surface area (Å²) in [6.07, 6.45) is 0. The number of hydrogen-bond donors (Lipinski definition) is 0. The van der Waals surface area contributed by atoms with E-state index >= 15 is 0 Å². The Morgan fingerprint density at radius 3 is 2.40 bits per heavy atom. The number of hydrogen-bond acceptors (Lipinski definition) is 4. The number of carbonyl (C=O) groups is 1. The molecular formula is C24H30N4O2. The first kappa shape index (κ1) is 20.6. The van der Waals surface area contributed by atoms with Gasteiger partial charge in [0.05, 0.1) is 24.4 Å². The van der Waals surface area contributed by atoms with E-state index in [2.05, 4.69) is 36.2 Å². The second-order valence-electron chi connectivity index (χ2n) is 8.50. The van der Waals surface area contributed by atoms with Gasteiger partial charge in [-0.05, 0) is 32.5 Å². The van der Waals surface area contributed by atoms with Crippen LogP contribution in [-0.4, -0.2) is 64.3 Å². The lowest BCUT2D eigenvalue weighted by molar-refractivity contribution is -0.157. The molecule has 0 spiro atoms. The van der Waals surface area contributed by atoms with Crippen LogP contribution in [0.15, 0.2) is 54.6 Å². The van der Waals surface area contributed by atoms with Crippen LogP contribution in [0.5, 0.6) is 0 Å². The molecule has 0 bridgehead atoms. The highest BCUT2D eigenvalue weighted by Crippen LogP contribution is 2.23. The van der Waals surface area contributed by atoms with Crippen LogP contribution in [0.1, 0.15) is 25.1 Å². The van der Waals surface area contributed by atoms with E-state index in [0.717, 1.165) is 42.8 Å². The SMILES string of the molecule is CN1CCN(C(=O)C(C)(C)OCc2nn(Cc3ccccc3)c3ccccc23)CC1. The number of para-hydroxylation sites is 1. The molecule has 1 aliphatic heterocycles. The van der Waals surface area contributed by atoms with E-state index in [4.69, 9.17) is 9.84 Å². The summed E-state index contributed by atoms with van der Waals surface area (Å²) in [6.45, 7) is 8.01. The van der Waals surface area contributed by atoms with Crippen LogP contribution in [0.25, 0.3) is 10.9 Å². The molecule has 30 heavy (non-hydrogen) atoms. The lowest BCUT2D eigenvalue weighted by atomic mass is 10.1. The zero-order valence-electron chi connectivity index (χ0n) is 18.0. The first-order valence-corrected chi connectivity index (χ1v) is 10.5. The number of carbonyl (C=O) groups excluding carboxylic acids is 1. The van der Waals surface area contributed by atoms with Crippen LogP contribution in [0.3, 0.4) is 0 Å². The number of benzene rings is 2. The van der Waals surface area contributed by atoms with Gasteiger partial charge in [-0.25, -0.2) is 0 Å². The van der Waals surface area contributed by atoms with Crippen molar-refractivity contribution in [1.82, 2.24) is 19.6 Å². The molecule has 1 aromatic heterocycles. The third-order valence-electron chi connectivity index (χ3n) is 5.78. The minimum atomic E-state index is -0.889. The average molecular weight is 407 g/mol. The van der Waals surface area contributed by atoms with Crippen molar-refractivity contribution < 1.29 is 9.53 Å². The summed E-state index contributed by atoms with van der Waals surface area (Å²) in [5.41, 5.74) is 2.24.